The molecule has 0 radical (unpaired) electrons. The molecule has 2 aliphatic rings. The van der Waals surface area contributed by atoms with E-state index < -0.39 is 0 Å². The molecule has 2 atom stereocenters. The highest BCUT2D eigenvalue weighted by Crippen LogP contribution is 2.39. The Morgan fingerprint density at radius 2 is 1.69 bits per heavy atom. The van der Waals surface area contributed by atoms with Crippen LogP contribution >= 0.6 is 0 Å². The number of rotatable bonds is 6. The van der Waals surface area contributed by atoms with Crippen LogP contribution in [0.1, 0.15) is 23.7 Å². The Bertz CT molecular complexity index is 1260. The van der Waals surface area contributed by atoms with Gasteiger partial charge in [-0.05, 0) is 48.5 Å². The van der Waals surface area contributed by atoms with Crippen molar-refractivity contribution in [3.05, 3.63) is 72.1 Å². The van der Waals surface area contributed by atoms with Crippen molar-refractivity contribution in [2.75, 3.05) is 39.3 Å². The fraction of sp³-hybridized carbons (Fsp3) is 0.333. The van der Waals surface area contributed by atoms with E-state index >= 15 is 0 Å². The molecule has 36 heavy (non-hydrogen) atoms. The number of ether oxygens (including phenoxy) is 3. The number of hydrogen-bond acceptors (Lipinski definition) is 5. The van der Waals surface area contributed by atoms with E-state index in [1.165, 1.54) is 0 Å². The Labute approximate surface area is 210 Å². The molecular weight excluding hydrogens is 460 g/mol. The van der Waals surface area contributed by atoms with Gasteiger partial charge in [-0.1, -0.05) is 0 Å². The van der Waals surface area contributed by atoms with Crippen LogP contribution in [0.2, 0.25) is 0 Å². The minimum Gasteiger partial charge on any atom is -0.497 e. The number of aromatic nitrogens is 1. The van der Waals surface area contributed by atoms with Crippen molar-refractivity contribution in [3.63, 3.8) is 0 Å². The van der Waals surface area contributed by atoms with Gasteiger partial charge < -0.3 is 33.9 Å². The number of anilines is 1. The Hall–Kier alpha value is -4.14. The summed E-state index contributed by atoms with van der Waals surface area (Å²) in [6.45, 7) is 1.63. The van der Waals surface area contributed by atoms with Gasteiger partial charge in [-0.3, -0.25) is 4.79 Å². The lowest BCUT2D eigenvalue weighted by Gasteiger charge is -2.38. The van der Waals surface area contributed by atoms with Crippen LogP contribution in [0.5, 0.6) is 17.2 Å². The zero-order valence-corrected chi connectivity index (χ0v) is 20.6. The normalized spacial score (nSPS) is 19.1. The van der Waals surface area contributed by atoms with Gasteiger partial charge in [0.15, 0.2) is 0 Å². The van der Waals surface area contributed by atoms with E-state index in [0.29, 0.717) is 31.1 Å². The van der Waals surface area contributed by atoms with E-state index in [1.807, 2.05) is 65.7 Å². The molecule has 0 saturated carbocycles. The Morgan fingerprint density at radius 3 is 2.42 bits per heavy atom. The van der Waals surface area contributed by atoms with Crippen molar-refractivity contribution in [2.45, 2.75) is 25.0 Å². The number of methoxy groups -OCH3 is 3. The third-order valence-electron chi connectivity index (χ3n) is 6.87. The second-order valence-corrected chi connectivity index (χ2v) is 8.88. The van der Waals surface area contributed by atoms with Crippen LogP contribution in [-0.2, 0) is 11.3 Å². The molecule has 5 rings (SSSR count). The summed E-state index contributed by atoms with van der Waals surface area (Å²) in [5, 5.41) is 3.11. The molecule has 1 fully saturated rings. The van der Waals surface area contributed by atoms with E-state index in [1.54, 1.807) is 26.2 Å². The van der Waals surface area contributed by atoms with Gasteiger partial charge in [-0.25, -0.2) is 4.79 Å². The molecule has 9 nitrogen and oxygen atoms in total. The number of nitrogens with one attached hydrogen (secondary N) is 1. The number of hydrogen-bond donors (Lipinski definition) is 1. The molecule has 1 saturated heterocycles. The maximum Gasteiger partial charge on any atom is 0.318 e. The van der Waals surface area contributed by atoms with E-state index in [2.05, 4.69) is 9.88 Å². The fourth-order valence-corrected chi connectivity index (χ4v) is 5.05. The first-order chi connectivity index (χ1) is 17.5. The quantitative estimate of drug-likeness (QED) is 0.572. The maximum atomic E-state index is 13.6. The van der Waals surface area contributed by atoms with Crippen LogP contribution in [0.25, 0.3) is 0 Å². The zero-order valence-electron chi connectivity index (χ0n) is 20.6. The SMILES string of the molecule is COc1ccc(N2CC(NC(=O)N3CCn4cccc4C3c3ccc(OC)cc3OC)CC2=O)cc1. The van der Waals surface area contributed by atoms with Crippen LogP contribution < -0.4 is 24.4 Å². The molecule has 9 heteroatoms. The summed E-state index contributed by atoms with van der Waals surface area (Å²) in [5.41, 5.74) is 2.66. The molecule has 2 unspecified atom stereocenters. The van der Waals surface area contributed by atoms with Crippen molar-refractivity contribution in [1.82, 2.24) is 14.8 Å². The summed E-state index contributed by atoms with van der Waals surface area (Å²) >= 11 is 0. The van der Waals surface area contributed by atoms with Crippen LogP contribution in [0, 0.1) is 0 Å². The van der Waals surface area contributed by atoms with Gasteiger partial charge in [0.25, 0.3) is 0 Å². The first kappa shape index (κ1) is 23.6. The largest absolute Gasteiger partial charge is 0.497 e. The highest BCUT2D eigenvalue weighted by molar-refractivity contribution is 5.96. The van der Waals surface area contributed by atoms with Gasteiger partial charge in [0.05, 0.1) is 27.4 Å². The number of carbonyl (C=O) groups excluding carboxylic acids is 2. The molecule has 2 aromatic carbocycles. The number of fused-ring (bicyclic) bond motifs is 1. The summed E-state index contributed by atoms with van der Waals surface area (Å²) in [6.07, 6.45) is 2.27. The summed E-state index contributed by atoms with van der Waals surface area (Å²) < 4.78 is 18.4. The third kappa shape index (κ3) is 4.32. The first-order valence-corrected chi connectivity index (χ1v) is 11.9. The third-order valence-corrected chi connectivity index (χ3v) is 6.87. The fourth-order valence-electron chi connectivity index (χ4n) is 5.05. The van der Waals surface area contributed by atoms with Crippen LogP contribution in [0.3, 0.4) is 0 Å². The number of urea groups is 1. The van der Waals surface area contributed by atoms with Gasteiger partial charge in [0.2, 0.25) is 5.91 Å². The molecule has 1 aromatic heterocycles. The minimum absolute atomic E-state index is 0.0219. The van der Waals surface area contributed by atoms with Gasteiger partial charge in [-0.2, -0.15) is 0 Å². The summed E-state index contributed by atoms with van der Waals surface area (Å²) in [7, 11) is 4.83. The van der Waals surface area contributed by atoms with Crippen molar-refractivity contribution >= 4 is 17.6 Å². The number of carbonyl (C=O) groups is 2. The smallest absolute Gasteiger partial charge is 0.318 e. The average Bonchev–Trinajstić information content (AvgIpc) is 3.54. The van der Waals surface area contributed by atoms with E-state index in [4.69, 9.17) is 14.2 Å². The molecular formula is C27H30N4O5. The predicted molar refractivity (Wildman–Crippen MR) is 135 cm³/mol. The van der Waals surface area contributed by atoms with Gasteiger partial charge in [-0.15, -0.1) is 0 Å². The second kappa shape index (κ2) is 9.85. The van der Waals surface area contributed by atoms with Crippen molar-refractivity contribution in [1.29, 1.82) is 0 Å². The molecule has 2 aliphatic heterocycles. The van der Waals surface area contributed by atoms with Crippen LogP contribution in [0.15, 0.2) is 60.8 Å². The monoisotopic (exact) mass is 490 g/mol. The highest BCUT2D eigenvalue weighted by atomic mass is 16.5. The number of benzene rings is 2. The van der Waals surface area contributed by atoms with Crippen LogP contribution in [0.4, 0.5) is 10.5 Å². The van der Waals surface area contributed by atoms with Crippen LogP contribution in [-0.4, -0.2) is 61.9 Å². The number of amides is 3. The molecule has 3 aromatic rings. The van der Waals surface area contributed by atoms with Gasteiger partial charge >= 0.3 is 6.03 Å². The predicted octanol–water partition coefficient (Wildman–Crippen LogP) is 3.43. The van der Waals surface area contributed by atoms with Crippen molar-refractivity contribution in [3.8, 4) is 17.2 Å². The van der Waals surface area contributed by atoms with Crippen molar-refractivity contribution < 1.29 is 23.8 Å². The maximum absolute atomic E-state index is 13.6. The lowest BCUT2D eigenvalue weighted by molar-refractivity contribution is -0.117. The first-order valence-electron chi connectivity index (χ1n) is 11.9. The molecule has 3 heterocycles. The standard InChI is InChI=1S/C27H30N4O5/c1-34-20-8-6-19(7-9-20)31-17-18(15-25(31)32)28-27(33)30-14-13-29-12-4-5-23(29)26(30)22-11-10-21(35-2)16-24(22)36-3/h4-12,16,18,26H,13-15,17H2,1-3H3,(H,28,33). The average molecular weight is 491 g/mol. The molecule has 188 valence electrons. The minimum atomic E-state index is -0.343. The lowest BCUT2D eigenvalue weighted by atomic mass is 9.99. The van der Waals surface area contributed by atoms with E-state index in [-0.39, 0.29) is 30.4 Å². The van der Waals surface area contributed by atoms with Gasteiger partial charge in [0.1, 0.15) is 23.3 Å². The molecule has 0 bridgehead atoms. The Morgan fingerprint density at radius 1 is 0.944 bits per heavy atom. The van der Waals surface area contributed by atoms with E-state index in [9.17, 15) is 9.59 Å². The zero-order chi connectivity index (χ0) is 25.2. The molecule has 0 aliphatic carbocycles. The van der Waals surface area contributed by atoms with E-state index in [0.717, 1.165) is 22.7 Å². The second-order valence-electron chi connectivity index (χ2n) is 8.88. The highest BCUT2D eigenvalue weighted by Gasteiger charge is 2.37. The molecule has 0 spiro atoms. The topological polar surface area (TPSA) is 85.3 Å². The Balaban J connectivity index is 1.37. The summed E-state index contributed by atoms with van der Waals surface area (Å²) in [4.78, 5) is 29.9. The molecule has 1 N–H and O–H groups in total. The summed E-state index contributed by atoms with van der Waals surface area (Å²) in [5.74, 6) is 2.03. The Kier molecular flexibility index (Phi) is 6.45. The molecule has 3 amide bonds. The van der Waals surface area contributed by atoms with Gasteiger partial charge in [0, 0.05) is 55.3 Å². The number of nitrogens with zero attached hydrogens (tertiary/aromatic N) is 3. The van der Waals surface area contributed by atoms with Crippen molar-refractivity contribution in [2.24, 2.45) is 0 Å². The lowest BCUT2D eigenvalue weighted by Crippen LogP contribution is -2.50. The summed E-state index contributed by atoms with van der Waals surface area (Å²) in [6, 6.07) is 16.2.